The maximum absolute atomic E-state index is 12.8. The molecule has 0 aromatic heterocycles. The number of hydrogen-bond acceptors (Lipinski definition) is 5. The van der Waals surface area contributed by atoms with Crippen LogP contribution < -0.4 is 4.74 Å². The van der Waals surface area contributed by atoms with Gasteiger partial charge in [0, 0.05) is 19.6 Å². The van der Waals surface area contributed by atoms with Gasteiger partial charge in [-0.25, -0.2) is 0 Å². The standard InChI is InChI=1S/C23H25NO4/c1-15(2)17-5-3-16(4-6-17)13-21-22(26)18-7-8-20(25)19(23(18)28-21)14-24-9-11-27-12-10-24/h3-8,13,15,25H,9-12,14H2,1-2H3/b21-13-. The SMILES string of the molecule is CC(C)c1ccc(/C=C2\Oc3c(ccc(O)c3CN3CCOCC3)C2=O)cc1. The zero-order valence-electron chi connectivity index (χ0n) is 16.3. The van der Waals surface area contributed by atoms with E-state index < -0.39 is 0 Å². The summed E-state index contributed by atoms with van der Waals surface area (Å²) in [5.74, 6) is 1.23. The van der Waals surface area contributed by atoms with E-state index in [2.05, 4.69) is 30.9 Å². The summed E-state index contributed by atoms with van der Waals surface area (Å²) in [6.45, 7) is 7.76. The van der Waals surface area contributed by atoms with E-state index in [-0.39, 0.29) is 11.5 Å². The van der Waals surface area contributed by atoms with E-state index in [1.54, 1.807) is 18.2 Å². The van der Waals surface area contributed by atoms with Crippen LogP contribution in [0.1, 0.15) is 46.8 Å². The van der Waals surface area contributed by atoms with Crippen LogP contribution >= 0.6 is 0 Å². The minimum Gasteiger partial charge on any atom is -0.507 e. The van der Waals surface area contributed by atoms with Crippen molar-refractivity contribution in [1.29, 1.82) is 0 Å². The molecular weight excluding hydrogens is 354 g/mol. The first kappa shape index (κ1) is 18.7. The molecule has 5 nitrogen and oxygen atoms in total. The smallest absolute Gasteiger partial charge is 0.231 e. The molecule has 0 spiro atoms. The van der Waals surface area contributed by atoms with Crippen LogP contribution in [-0.2, 0) is 11.3 Å². The minimum absolute atomic E-state index is 0.147. The summed E-state index contributed by atoms with van der Waals surface area (Å²) in [6, 6.07) is 11.3. The van der Waals surface area contributed by atoms with Crippen LogP contribution in [0.5, 0.6) is 11.5 Å². The van der Waals surface area contributed by atoms with E-state index in [1.807, 2.05) is 12.1 Å². The summed E-state index contributed by atoms with van der Waals surface area (Å²) in [7, 11) is 0. The molecule has 28 heavy (non-hydrogen) atoms. The van der Waals surface area contributed by atoms with E-state index in [1.165, 1.54) is 5.56 Å². The minimum atomic E-state index is -0.147. The molecule has 2 aliphatic heterocycles. The second kappa shape index (κ2) is 7.78. The number of phenols is 1. The molecule has 2 aromatic carbocycles. The number of carbonyl (C=O) groups excluding carboxylic acids is 1. The number of ether oxygens (including phenoxy) is 2. The first-order chi connectivity index (χ1) is 13.5. The third-order valence-corrected chi connectivity index (χ3v) is 5.30. The molecule has 5 heteroatoms. The van der Waals surface area contributed by atoms with Crippen LogP contribution in [0.4, 0.5) is 0 Å². The number of allylic oxidation sites excluding steroid dienone is 1. The zero-order chi connectivity index (χ0) is 19.7. The summed E-state index contributed by atoms with van der Waals surface area (Å²) in [6.07, 6.45) is 1.77. The summed E-state index contributed by atoms with van der Waals surface area (Å²) in [4.78, 5) is 15.0. The third kappa shape index (κ3) is 3.68. The topological polar surface area (TPSA) is 59.0 Å². The van der Waals surface area contributed by atoms with Crippen molar-refractivity contribution >= 4 is 11.9 Å². The number of hydrogen-bond donors (Lipinski definition) is 1. The molecule has 0 unspecified atom stereocenters. The molecule has 0 radical (unpaired) electrons. The van der Waals surface area contributed by atoms with Gasteiger partial charge in [-0.3, -0.25) is 9.69 Å². The summed E-state index contributed by atoms with van der Waals surface area (Å²) < 4.78 is 11.3. The van der Waals surface area contributed by atoms with Gasteiger partial charge in [0.1, 0.15) is 11.5 Å². The average Bonchev–Trinajstić information content (AvgIpc) is 3.01. The number of aromatic hydroxyl groups is 1. The second-order valence-corrected chi connectivity index (χ2v) is 7.59. The number of morpholine rings is 1. The third-order valence-electron chi connectivity index (χ3n) is 5.30. The fourth-order valence-corrected chi connectivity index (χ4v) is 3.56. The Morgan fingerprint density at radius 3 is 2.50 bits per heavy atom. The highest BCUT2D eigenvalue weighted by Gasteiger charge is 2.31. The molecule has 4 rings (SSSR count). The fourth-order valence-electron chi connectivity index (χ4n) is 3.56. The van der Waals surface area contributed by atoms with Crippen molar-refractivity contribution in [3.63, 3.8) is 0 Å². The maximum Gasteiger partial charge on any atom is 0.231 e. The molecule has 0 bridgehead atoms. The number of fused-ring (bicyclic) bond motifs is 1. The molecule has 0 aliphatic carbocycles. The van der Waals surface area contributed by atoms with Crippen molar-refractivity contribution in [2.24, 2.45) is 0 Å². The van der Waals surface area contributed by atoms with Crippen LogP contribution in [0.15, 0.2) is 42.2 Å². The highest BCUT2D eigenvalue weighted by Crippen LogP contribution is 2.40. The number of benzene rings is 2. The average molecular weight is 379 g/mol. The molecule has 2 aliphatic rings. The molecule has 2 heterocycles. The van der Waals surface area contributed by atoms with E-state index in [4.69, 9.17) is 9.47 Å². The van der Waals surface area contributed by atoms with Gasteiger partial charge in [0.15, 0.2) is 5.76 Å². The monoisotopic (exact) mass is 379 g/mol. The number of carbonyl (C=O) groups is 1. The van der Waals surface area contributed by atoms with Gasteiger partial charge in [0.05, 0.1) is 24.3 Å². The van der Waals surface area contributed by atoms with Gasteiger partial charge < -0.3 is 14.6 Å². The van der Waals surface area contributed by atoms with Gasteiger partial charge in [-0.2, -0.15) is 0 Å². The lowest BCUT2D eigenvalue weighted by atomic mass is 10.0. The van der Waals surface area contributed by atoms with Gasteiger partial charge in [-0.1, -0.05) is 38.1 Å². The molecule has 1 fully saturated rings. The lowest BCUT2D eigenvalue weighted by Gasteiger charge is -2.27. The number of phenolic OH excluding ortho intramolecular Hbond substituents is 1. The number of rotatable bonds is 4. The van der Waals surface area contributed by atoms with Crippen molar-refractivity contribution in [3.05, 3.63) is 64.4 Å². The predicted molar refractivity (Wildman–Crippen MR) is 108 cm³/mol. The molecule has 2 aromatic rings. The van der Waals surface area contributed by atoms with Gasteiger partial charge in [-0.05, 0) is 35.3 Å². The second-order valence-electron chi connectivity index (χ2n) is 7.59. The Labute approximate surface area is 165 Å². The molecule has 0 atom stereocenters. The number of ketones is 1. The molecule has 1 N–H and O–H groups in total. The molecule has 0 amide bonds. The van der Waals surface area contributed by atoms with Crippen LogP contribution in [0.2, 0.25) is 0 Å². The first-order valence-corrected chi connectivity index (χ1v) is 9.72. The predicted octanol–water partition coefficient (Wildman–Crippen LogP) is 3.96. The largest absolute Gasteiger partial charge is 0.507 e. The normalized spacial score (nSPS) is 18.5. The zero-order valence-corrected chi connectivity index (χ0v) is 16.3. The van der Waals surface area contributed by atoms with E-state index >= 15 is 0 Å². The van der Waals surface area contributed by atoms with Crippen molar-refractivity contribution in [3.8, 4) is 11.5 Å². The van der Waals surface area contributed by atoms with E-state index in [0.29, 0.717) is 48.3 Å². The Hall–Kier alpha value is -2.63. The van der Waals surface area contributed by atoms with Crippen LogP contribution in [0, 0.1) is 0 Å². The number of nitrogens with zero attached hydrogens (tertiary/aromatic N) is 1. The van der Waals surface area contributed by atoms with E-state index in [9.17, 15) is 9.90 Å². The quantitative estimate of drug-likeness (QED) is 0.815. The Morgan fingerprint density at radius 2 is 1.82 bits per heavy atom. The van der Waals surface area contributed by atoms with Gasteiger partial charge >= 0.3 is 0 Å². The van der Waals surface area contributed by atoms with Gasteiger partial charge in [0.2, 0.25) is 5.78 Å². The first-order valence-electron chi connectivity index (χ1n) is 9.72. The van der Waals surface area contributed by atoms with Crippen LogP contribution in [0.25, 0.3) is 6.08 Å². The summed E-state index contributed by atoms with van der Waals surface area (Å²) in [5, 5.41) is 10.4. The highest BCUT2D eigenvalue weighted by atomic mass is 16.5. The van der Waals surface area contributed by atoms with E-state index in [0.717, 1.165) is 18.7 Å². The number of Topliss-reactive ketones (excluding diaryl/α,β-unsaturated/α-hetero) is 1. The van der Waals surface area contributed by atoms with Gasteiger partial charge in [0.25, 0.3) is 0 Å². The fraction of sp³-hybridized carbons (Fsp3) is 0.348. The lowest BCUT2D eigenvalue weighted by molar-refractivity contribution is 0.0336. The molecular formula is C23H25NO4. The summed E-state index contributed by atoms with van der Waals surface area (Å²) >= 11 is 0. The maximum atomic E-state index is 12.8. The van der Waals surface area contributed by atoms with Crippen molar-refractivity contribution in [1.82, 2.24) is 4.90 Å². The van der Waals surface area contributed by atoms with Crippen LogP contribution in [0.3, 0.4) is 0 Å². The van der Waals surface area contributed by atoms with Crippen molar-refractivity contribution in [2.45, 2.75) is 26.3 Å². The van der Waals surface area contributed by atoms with Gasteiger partial charge in [-0.15, -0.1) is 0 Å². The Bertz CT molecular complexity index is 909. The molecule has 0 saturated carbocycles. The Kier molecular flexibility index (Phi) is 5.20. The van der Waals surface area contributed by atoms with Crippen molar-refractivity contribution in [2.75, 3.05) is 26.3 Å². The Balaban J connectivity index is 1.61. The summed E-state index contributed by atoms with van der Waals surface area (Å²) in [5.41, 5.74) is 3.33. The lowest BCUT2D eigenvalue weighted by Crippen LogP contribution is -2.35. The highest BCUT2D eigenvalue weighted by molar-refractivity contribution is 6.15. The van der Waals surface area contributed by atoms with Crippen LogP contribution in [-0.4, -0.2) is 42.1 Å². The van der Waals surface area contributed by atoms with Crippen molar-refractivity contribution < 1.29 is 19.4 Å². The Morgan fingerprint density at radius 1 is 1.11 bits per heavy atom. The molecule has 146 valence electrons. The molecule has 1 saturated heterocycles.